The molecule has 0 saturated carbocycles. The molecule has 0 aliphatic heterocycles. The van der Waals surface area contributed by atoms with Gasteiger partial charge in [0.05, 0.1) is 25.4 Å². The van der Waals surface area contributed by atoms with Gasteiger partial charge in [-0.25, -0.2) is 0 Å². The molecule has 0 rings (SSSR count). The van der Waals surface area contributed by atoms with Crippen molar-refractivity contribution in [2.24, 2.45) is 0 Å². The number of carbonyl (C=O) groups excluding carboxylic acids is 2. The zero-order valence-electron chi connectivity index (χ0n) is 53.4. The lowest BCUT2D eigenvalue weighted by atomic mass is 10.0. The third kappa shape index (κ3) is 64.0. The number of hydrogen-bond donors (Lipinski definition) is 3. The Morgan fingerprint density at radius 3 is 0.782 bits per heavy atom. The number of amides is 1. The topological polar surface area (TPSA) is 95.9 Å². The maximum Gasteiger partial charge on any atom is 0.305 e. The minimum absolute atomic E-state index is 0.0272. The van der Waals surface area contributed by atoms with E-state index in [-0.39, 0.29) is 18.5 Å². The maximum atomic E-state index is 12.4. The molecule has 0 aliphatic carbocycles. The monoisotopic (exact) mass is 1100 g/mol. The molecule has 0 aromatic heterocycles. The van der Waals surface area contributed by atoms with Gasteiger partial charge in [-0.2, -0.15) is 0 Å². The van der Waals surface area contributed by atoms with Gasteiger partial charge in [-0.1, -0.05) is 386 Å². The van der Waals surface area contributed by atoms with Crippen molar-refractivity contribution >= 4 is 11.9 Å². The lowest BCUT2D eigenvalue weighted by Gasteiger charge is -2.22. The molecule has 466 valence electrons. The summed E-state index contributed by atoms with van der Waals surface area (Å²) in [5, 5.41) is 23.2. The molecule has 0 aliphatic rings. The van der Waals surface area contributed by atoms with Crippen molar-refractivity contribution < 1.29 is 24.5 Å². The fourth-order valence-electron chi connectivity index (χ4n) is 11.9. The van der Waals surface area contributed by atoms with Crippen LogP contribution in [0.25, 0.3) is 0 Å². The Morgan fingerprint density at radius 2 is 0.526 bits per heavy atom. The van der Waals surface area contributed by atoms with Crippen LogP contribution in [0, 0.1) is 0 Å². The first-order valence-corrected chi connectivity index (χ1v) is 36.3. The van der Waals surface area contributed by atoms with Crippen molar-refractivity contribution in [3.63, 3.8) is 0 Å². The van der Waals surface area contributed by atoms with Crippen LogP contribution in [0.15, 0.2) is 0 Å². The van der Waals surface area contributed by atoms with Gasteiger partial charge in [0.2, 0.25) is 5.91 Å². The van der Waals surface area contributed by atoms with Gasteiger partial charge in [-0.3, -0.25) is 9.59 Å². The van der Waals surface area contributed by atoms with Crippen LogP contribution in [-0.4, -0.2) is 47.4 Å². The Kier molecular flexibility index (Phi) is 67.4. The normalized spacial score (nSPS) is 12.4. The summed E-state index contributed by atoms with van der Waals surface area (Å²) in [6, 6.07) is -0.535. The predicted molar refractivity (Wildman–Crippen MR) is 343 cm³/mol. The fraction of sp³-hybridized carbons (Fsp3) is 0.972. The van der Waals surface area contributed by atoms with Crippen LogP contribution in [0.5, 0.6) is 0 Å². The zero-order chi connectivity index (χ0) is 56.4. The van der Waals surface area contributed by atoms with Gasteiger partial charge in [0.15, 0.2) is 0 Å². The quantitative estimate of drug-likeness (QED) is 0.0417. The number of hydrogen-bond acceptors (Lipinski definition) is 5. The average Bonchev–Trinajstić information content (AvgIpc) is 3.44. The van der Waals surface area contributed by atoms with Gasteiger partial charge in [-0.15, -0.1) is 0 Å². The number of aliphatic hydroxyl groups excluding tert-OH is 2. The molecule has 0 bridgehead atoms. The van der Waals surface area contributed by atoms with Crippen LogP contribution in [-0.2, 0) is 14.3 Å². The van der Waals surface area contributed by atoms with Gasteiger partial charge in [-0.05, 0) is 25.7 Å². The molecule has 2 unspecified atom stereocenters. The van der Waals surface area contributed by atoms with Crippen molar-refractivity contribution in [1.82, 2.24) is 5.32 Å². The summed E-state index contributed by atoms with van der Waals surface area (Å²) < 4.78 is 5.52. The van der Waals surface area contributed by atoms with Crippen molar-refractivity contribution in [1.29, 1.82) is 0 Å². The van der Waals surface area contributed by atoms with E-state index in [1.165, 1.54) is 353 Å². The Morgan fingerprint density at radius 1 is 0.308 bits per heavy atom. The Hall–Kier alpha value is -1.14. The lowest BCUT2D eigenvalue weighted by Crippen LogP contribution is -2.45. The van der Waals surface area contributed by atoms with Gasteiger partial charge in [0, 0.05) is 12.8 Å². The van der Waals surface area contributed by atoms with E-state index in [4.69, 9.17) is 4.74 Å². The average molecular weight is 1100 g/mol. The van der Waals surface area contributed by atoms with Crippen LogP contribution in [0.4, 0.5) is 0 Å². The van der Waals surface area contributed by atoms with Crippen LogP contribution in [0.1, 0.15) is 425 Å². The Labute approximate surface area is 489 Å². The second kappa shape index (κ2) is 68.4. The number of nitrogens with one attached hydrogen (secondary N) is 1. The number of rotatable bonds is 69. The van der Waals surface area contributed by atoms with Crippen LogP contribution in [0.3, 0.4) is 0 Å². The highest BCUT2D eigenvalue weighted by Gasteiger charge is 2.20. The molecule has 0 aromatic carbocycles. The highest BCUT2D eigenvalue weighted by Crippen LogP contribution is 2.20. The first kappa shape index (κ1) is 76.9. The minimum atomic E-state index is -0.658. The minimum Gasteiger partial charge on any atom is -0.466 e. The predicted octanol–water partition coefficient (Wildman–Crippen LogP) is 23.4. The molecule has 6 nitrogen and oxygen atoms in total. The van der Waals surface area contributed by atoms with E-state index in [0.717, 1.165) is 38.5 Å². The van der Waals surface area contributed by atoms with E-state index in [1.54, 1.807) is 0 Å². The first-order valence-electron chi connectivity index (χ1n) is 36.3. The molecular formula is C72H143NO5. The van der Waals surface area contributed by atoms with Gasteiger partial charge in [0.1, 0.15) is 0 Å². The summed E-state index contributed by atoms with van der Waals surface area (Å²) in [5.41, 5.74) is 0. The molecule has 0 aromatic rings. The third-order valence-electron chi connectivity index (χ3n) is 17.4. The number of unbranched alkanes of at least 4 members (excludes halogenated alkanes) is 58. The van der Waals surface area contributed by atoms with Crippen molar-refractivity contribution in [2.45, 2.75) is 437 Å². The van der Waals surface area contributed by atoms with Crippen molar-refractivity contribution in [3.05, 3.63) is 0 Å². The Bertz CT molecular complexity index is 1130. The third-order valence-corrected chi connectivity index (χ3v) is 17.4. The number of esters is 1. The largest absolute Gasteiger partial charge is 0.466 e. The van der Waals surface area contributed by atoms with Gasteiger partial charge < -0.3 is 20.3 Å². The number of carbonyl (C=O) groups is 2. The SMILES string of the molecule is CCCCCCCCCCCCCCCCCCCCCC(=O)OCCCCCCCCCCCCCCCCCCCCCCCCCCCCCCCCCCC(=O)NC(CO)C(O)CCCCCCCCCCCC. The summed E-state index contributed by atoms with van der Waals surface area (Å²) in [6.07, 6.45) is 83.3. The van der Waals surface area contributed by atoms with E-state index in [0.29, 0.717) is 25.9 Å². The highest BCUT2D eigenvalue weighted by molar-refractivity contribution is 5.76. The van der Waals surface area contributed by atoms with E-state index in [2.05, 4.69) is 19.2 Å². The highest BCUT2D eigenvalue weighted by atomic mass is 16.5. The van der Waals surface area contributed by atoms with Crippen LogP contribution < -0.4 is 5.32 Å². The zero-order valence-corrected chi connectivity index (χ0v) is 53.4. The summed E-state index contributed by atoms with van der Waals surface area (Å²) in [5.74, 6) is -0.00224. The second-order valence-electron chi connectivity index (χ2n) is 25.3. The van der Waals surface area contributed by atoms with Gasteiger partial charge >= 0.3 is 5.97 Å². The summed E-state index contributed by atoms with van der Waals surface area (Å²) in [7, 11) is 0. The van der Waals surface area contributed by atoms with Crippen molar-refractivity contribution in [2.75, 3.05) is 13.2 Å². The molecule has 0 fully saturated rings. The molecule has 0 radical (unpaired) electrons. The first-order chi connectivity index (χ1) is 38.5. The maximum absolute atomic E-state index is 12.4. The molecule has 6 heteroatoms. The van der Waals surface area contributed by atoms with Gasteiger partial charge in [0.25, 0.3) is 0 Å². The molecule has 1 amide bonds. The molecule has 3 N–H and O–H groups in total. The van der Waals surface area contributed by atoms with Crippen LogP contribution >= 0.6 is 0 Å². The van der Waals surface area contributed by atoms with Crippen LogP contribution in [0.2, 0.25) is 0 Å². The van der Waals surface area contributed by atoms with E-state index >= 15 is 0 Å². The van der Waals surface area contributed by atoms with E-state index < -0.39 is 12.1 Å². The molecule has 78 heavy (non-hydrogen) atoms. The molecule has 0 saturated heterocycles. The fourth-order valence-corrected chi connectivity index (χ4v) is 11.9. The molecule has 2 atom stereocenters. The number of aliphatic hydroxyl groups is 2. The van der Waals surface area contributed by atoms with E-state index in [1.807, 2.05) is 0 Å². The van der Waals surface area contributed by atoms with Crippen molar-refractivity contribution in [3.8, 4) is 0 Å². The summed E-state index contributed by atoms with van der Waals surface area (Å²) in [4.78, 5) is 24.6. The lowest BCUT2D eigenvalue weighted by molar-refractivity contribution is -0.143. The summed E-state index contributed by atoms with van der Waals surface area (Å²) >= 11 is 0. The standard InChI is InChI=1S/C72H143NO5/c1-3-5-7-9-11-13-15-16-17-18-33-37-40-43-46-50-54-58-62-66-72(77)78-67-63-59-55-51-47-44-41-38-35-32-30-28-26-24-22-20-19-21-23-25-27-29-31-34-36-39-42-45-49-53-57-61-65-71(76)73-69(68-74)70(75)64-60-56-52-48-14-12-10-8-6-4-2/h69-70,74-75H,3-68H2,1-2H3,(H,73,76). The molecule has 0 spiro atoms. The van der Waals surface area contributed by atoms with E-state index in [9.17, 15) is 19.8 Å². The Balaban J connectivity index is 3.26. The summed E-state index contributed by atoms with van der Waals surface area (Å²) in [6.45, 7) is 4.99. The second-order valence-corrected chi connectivity index (χ2v) is 25.3. The molecular weight excluding hydrogens is 959 g/mol. The smallest absolute Gasteiger partial charge is 0.305 e. The number of ether oxygens (including phenoxy) is 1. The molecule has 0 heterocycles.